The SMILES string of the molecule is C=C(C)C(=O)OC1CC(C(C)(C)C)N(SSN2C(C(C)C)CC(OC=O)CC2(C)C)C(C)(C)C1. The molecule has 2 saturated heterocycles. The van der Waals surface area contributed by atoms with Gasteiger partial charge >= 0.3 is 5.97 Å². The summed E-state index contributed by atoms with van der Waals surface area (Å²) in [6, 6.07) is 0.532. The van der Waals surface area contributed by atoms with E-state index in [2.05, 4.69) is 77.5 Å². The minimum atomic E-state index is -0.300. The van der Waals surface area contributed by atoms with Crippen LogP contribution in [-0.2, 0) is 19.1 Å². The van der Waals surface area contributed by atoms with Crippen molar-refractivity contribution in [3.05, 3.63) is 12.2 Å². The van der Waals surface area contributed by atoms with Gasteiger partial charge in [-0.2, -0.15) is 0 Å². The fraction of sp³-hybridized carbons (Fsp3) is 0.846. The Morgan fingerprint density at radius 3 is 2.06 bits per heavy atom. The molecular weight excluding hydrogens is 468 g/mol. The van der Waals surface area contributed by atoms with Crippen LogP contribution >= 0.6 is 22.0 Å². The predicted molar refractivity (Wildman–Crippen MR) is 143 cm³/mol. The molecule has 4 unspecified atom stereocenters. The zero-order valence-electron chi connectivity index (χ0n) is 22.8. The maximum Gasteiger partial charge on any atom is 0.333 e. The number of nitrogens with zero attached hydrogens (tertiary/aromatic N) is 2. The number of carbonyl (C=O) groups excluding carboxylic acids is 2. The fourth-order valence-electron chi connectivity index (χ4n) is 5.19. The molecule has 0 radical (unpaired) electrons. The van der Waals surface area contributed by atoms with Crippen LogP contribution in [0.15, 0.2) is 12.2 Å². The Morgan fingerprint density at radius 2 is 1.56 bits per heavy atom. The lowest BCUT2D eigenvalue weighted by Gasteiger charge is -2.55. The highest BCUT2D eigenvalue weighted by atomic mass is 33.1. The zero-order chi connectivity index (χ0) is 26.1. The highest BCUT2D eigenvalue weighted by Gasteiger charge is 2.49. The maximum absolute atomic E-state index is 12.3. The summed E-state index contributed by atoms with van der Waals surface area (Å²) in [4.78, 5) is 23.3. The first-order valence-corrected chi connectivity index (χ1v) is 14.4. The summed E-state index contributed by atoms with van der Waals surface area (Å²) in [6.45, 7) is 26.3. The molecule has 2 heterocycles. The first-order valence-electron chi connectivity index (χ1n) is 12.4. The van der Waals surface area contributed by atoms with Gasteiger partial charge in [0.2, 0.25) is 0 Å². The van der Waals surface area contributed by atoms with E-state index in [1.165, 1.54) is 0 Å². The zero-order valence-corrected chi connectivity index (χ0v) is 24.5. The monoisotopic (exact) mass is 514 g/mol. The van der Waals surface area contributed by atoms with E-state index < -0.39 is 0 Å². The van der Waals surface area contributed by atoms with E-state index in [1.807, 2.05) is 22.0 Å². The van der Waals surface area contributed by atoms with Gasteiger partial charge < -0.3 is 9.47 Å². The summed E-state index contributed by atoms with van der Waals surface area (Å²) >= 11 is 0. The molecule has 0 saturated carbocycles. The summed E-state index contributed by atoms with van der Waals surface area (Å²) in [6.07, 6.45) is 3.07. The molecule has 4 atom stereocenters. The summed E-state index contributed by atoms with van der Waals surface area (Å²) in [7, 11) is 3.64. The number of carbonyl (C=O) groups is 2. The minimum absolute atomic E-state index is 0.0108. The fourth-order valence-corrected chi connectivity index (χ4v) is 9.12. The molecule has 0 N–H and O–H groups in total. The molecule has 0 aromatic heterocycles. The van der Waals surface area contributed by atoms with Crippen LogP contribution in [-0.4, -0.2) is 56.4 Å². The van der Waals surface area contributed by atoms with Crippen LogP contribution < -0.4 is 0 Å². The third-order valence-corrected chi connectivity index (χ3v) is 10.1. The average Bonchev–Trinajstić information content (AvgIpc) is 2.65. The lowest BCUT2D eigenvalue weighted by molar-refractivity contribution is -0.150. The minimum Gasteiger partial charge on any atom is -0.464 e. The summed E-state index contributed by atoms with van der Waals surface area (Å²) in [5.41, 5.74) is 0.178. The third-order valence-electron chi connectivity index (χ3n) is 7.06. The largest absolute Gasteiger partial charge is 0.464 e. The Morgan fingerprint density at radius 1 is 1.03 bits per heavy atom. The van der Waals surface area contributed by atoms with Crippen LogP contribution in [0.25, 0.3) is 0 Å². The first kappa shape index (κ1) is 29.5. The van der Waals surface area contributed by atoms with Crippen molar-refractivity contribution in [3.8, 4) is 0 Å². The van der Waals surface area contributed by atoms with E-state index in [4.69, 9.17) is 9.47 Å². The lowest BCUT2D eigenvalue weighted by atomic mass is 9.76. The van der Waals surface area contributed by atoms with E-state index in [-0.39, 0.29) is 40.7 Å². The molecule has 0 aromatic rings. The van der Waals surface area contributed by atoms with Gasteiger partial charge in [0.1, 0.15) is 12.2 Å². The lowest BCUT2D eigenvalue weighted by Crippen LogP contribution is -2.59. The molecule has 2 aliphatic heterocycles. The van der Waals surface area contributed by atoms with Crippen molar-refractivity contribution in [1.82, 2.24) is 8.61 Å². The Kier molecular flexibility index (Phi) is 9.67. The van der Waals surface area contributed by atoms with E-state index >= 15 is 0 Å². The van der Waals surface area contributed by atoms with Gasteiger partial charge in [0.05, 0.1) is 0 Å². The Labute approximate surface area is 215 Å². The quantitative estimate of drug-likeness (QED) is 0.121. The van der Waals surface area contributed by atoms with E-state index in [9.17, 15) is 9.59 Å². The van der Waals surface area contributed by atoms with Gasteiger partial charge in [0, 0.05) is 76.4 Å². The van der Waals surface area contributed by atoms with Crippen LogP contribution in [0.2, 0.25) is 0 Å². The van der Waals surface area contributed by atoms with E-state index in [0.29, 0.717) is 24.0 Å². The van der Waals surface area contributed by atoms with Crippen molar-refractivity contribution in [2.24, 2.45) is 11.3 Å². The third kappa shape index (κ3) is 7.17. The molecule has 0 amide bonds. The van der Waals surface area contributed by atoms with Crippen LogP contribution in [0, 0.1) is 11.3 Å². The van der Waals surface area contributed by atoms with Crippen molar-refractivity contribution < 1.29 is 19.1 Å². The normalized spacial score (nSPS) is 30.1. The van der Waals surface area contributed by atoms with Gasteiger partial charge in [-0.25, -0.2) is 13.4 Å². The summed E-state index contributed by atoms with van der Waals surface area (Å²) in [5, 5.41) is 0. The van der Waals surface area contributed by atoms with Crippen molar-refractivity contribution in [2.45, 2.75) is 130 Å². The van der Waals surface area contributed by atoms with Crippen molar-refractivity contribution >= 4 is 34.4 Å². The van der Waals surface area contributed by atoms with Crippen LogP contribution in [0.3, 0.4) is 0 Å². The Balaban J connectivity index is 2.25. The highest BCUT2D eigenvalue weighted by molar-refractivity contribution is 8.74. The van der Waals surface area contributed by atoms with Crippen molar-refractivity contribution in [2.75, 3.05) is 0 Å². The van der Waals surface area contributed by atoms with E-state index in [0.717, 1.165) is 25.7 Å². The molecule has 0 aliphatic carbocycles. The molecule has 0 spiro atoms. The number of ether oxygens (including phenoxy) is 2. The first-order chi connectivity index (χ1) is 15.5. The van der Waals surface area contributed by atoms with Gasteiger partial charge in [0.25, 0.3) is 6.47 Å². The molecule has 34 heavy (non-hydrogen) atoms. The number of hydrogen-bond donors (Lipinski definition) is 0. The second-order valence-electron chi connectivity index (χ2n) is 12.7. The number of rotatable bonds is 8. The molecular formula is C26H46N2O4S2. The van der Waals surface area contributed by atoms with Crippen LogP contribution in [0.1, 0.15) is 94.9 Å². The Bertz CT molecular complexity index is 748. The van der Waals surface area contributed by atoms with Gasteiger partial charge in [-0.05, 0) is 46.0 Å². The maximum atomic E-state index is 12.3. The smallest absolute Gasteiger partial charge is 0.333 e. The van der Waals surface area contributed by atoms with Crippen molar-refractivity contribution in [1.29, 1.82) is 0 Å². The van der Waals surface area contributed by atoms with E-state index in [1.54, 1.807) is 6.92 Å². The summed E-state index contributed by atoms with van der Waals surface area (Å²) in [5.74, 6) is 0.134. The molecule has 6 nitrogen and oxygen atoms in total. The molecule has 2 fully saturated rings. The number of hydrogen-bond acceptors (Lipinski definition) is 8. The topological polar surface area (TPSA) is 59.1 Å². The Hall–Kier alpha value is -0.700. The molecule has 0 aromatic carbocycles. The van der Waals surface area contributed by atoms with Gasteiger partial charge in [-0.1, -0.05) is 41.2 Å². The van der Waals surface area contributed by atoms with Gasteiger partial charge in [-0.15, -0.1) is 0 Å². The van der Waals surface area contributed by atoms with Crippen LogP contribution in [0.5, 0.6) is 0 Å². The van der Waals surface area contributed by atoms with Gasteiger partial charge in [0.15, 0.2) is 0 Å². The average molecular weight is 515 g/mol. The molecule has 0 bridgehead atoms. The molecule has 2 aliphatic rings. The number of esters is 1. The second-order valence-corrected chi connectivity index (χ2v) is 14.6. The molecule has 196 valence electrons. The predicted octanol–water partition coefficient (Wildman–Crippen LogP) is 6.42. The van der Waals surface area contributed by atoms with Crippen molar-refractivity contribution in [3.63, 3.8) is 0 Å². The standard InChI is InChI=1S/C26H46N2O4S2/c1-17(2)21-12-19(31-16-29)14-25(8,9)27(21)33-34-28-22(24(5,6)7)13-20(15-26(28,10)11)32-23(30)18(3)4/h16-17,19-22H,3,12-15H2,1-2,4-11H3. The summed E-state index contributed by atoms with van der Waals surface area (Å²) < 4.78 is 16.3. The van der Waals surface area contributed by atoms with Gasteiger partial charge in [-0.3, -0.25) is 4.79 Å². The highest BCUT2D eigenvalue weighted by Crippen LogP contribution is 2.52. The second kappa shape index (κ2) is 11.1. The molecule has 8 heteroatoms. The number of piperidine rings is 2. The molecule has 2 rings (SSSR count). The van der Waals surface area contributed by atoms with Crippen LogP contribution in [0.4, 0.5) is 0 Å².